The lowest BCUT2D eigenvalue weighted by molar-refractivity contribution is -0.127. The first-order valence-electron chi connectivity index (χ1n) is 9.30. The van der Waals surface area contributed by atoms with Crippen molar-refractivity contribution in [2.75, 3.05) is 7.11 Å². The van der Waals surface area contributed by atoms with E-state index in [1.165, 1.54) is 0 Å². The van der Waals surface area contributed by atoms with E-state index < -0.39 is 6.10 Å². The lowest BCUT2D eigenvalue weighted by atomic mass is 9.95. The number of methoxy groups -OCH3 is 1. The predicted octanol–water partition coefficient (Wildman–Crippen LogP) is 4.68. The average Bonchev–Trinajstić information content (AvgIpc) is 2.73. The lowest BCUT2D eigenvalue weighted by Crippen LogP contribution is -2.39. The first kappa shape index (κ1) is 19.5. The van der Waals surface area contributed by atoms with Crippen LogP contribution in [0.2, 0.25) is 0 Å². The molecule has 1 N–H and O–H groups in total. The topological polar surface area (TPSA) is 47.6 Å². The van der Waals surface area contributed by atoms with Crippen molar-refractivity contribution in [3.05, 3.63) is 95.6 Å². The van der Waals surface area contributed by atoms with Gasteiger partial charge in [0, 0.05) is 6.07 Å². The number of aryl methyl sites for hydroxylation is 1. The molecule has 3 rings (SSSR count). The molecule has 0 aliphatic heterocycles. The van der Waals surface area contributed by atoms with E-state index in [0.717, 1.165) is 16.7 Å². The van der Waals surface area contributed by atoms with E-state index in [1.54, 1.807) is 20.1 Å². The largest absolute Gasteiger partial charge is 0.497 e. The molecule has 4 nitrogen and oxygen atoms in total. The third-order valence-electron chi connectivity index (χ3n) is 4.64. The number of carbonyl (C=O) groups is 1. The molecule has 0 aliphatic carbocycles. The summed E-state index contributed by atoms with van der Waals surface area (Å²) in [6.07, 6.45) is -0.651. The molecule has 0 saturated carbocycles. The van der Waals surface area contributed by atoms with Crippen LogP contribution in [0.3, 0.4) is 0 Å². The summed E-state index contributed by atoms with van der Waals surface area (Å²) in [6, 6.07) is 25.0. The van der Waals surface area contributed by atoms with Crippen molar-refractivity contribution < 1.29 is 14.3 Å². The number of hydrogen-bond acceptors (Lipinski definition) is 3. The minimum absolute atomic E-state index is 0.181. The first-order valence-corrected chi connectivity index (χ1v) is 9.30. The van der Waals surface area contributed by atoms with Crippen molar-refractivity contribution in [1.82, 2.24) is 5.32 Å². The van der Waals surface area contributed by atoms with Crippen molar-refractivity contribution in [3.63, 3.8) is 0 Å². The third kappa shape index (κ3) is 4.71. The molecule has 0 fully saturated rings. The van der Waals surface area contributed by atoms with Crippen LogP contribution in [-0.2, 0) is 4.79 Å². The Kier molecular flexibility index (Phi) is 6.33. The Morgan fingerprint density at radius 3 is 2.29 bits per heavy atom. The SMILES string of the molecule is COc1cccc(O[C@H](C)C(=O)N[C@@H](c2ccccc2)c2ccccc2C)c1. The van der Waals surface area contributed by atoms with Crippen molar-refractivity contribution in [3.8, 4) is 11.5 Å². The summed E-state index contributed by atoms with van der Waals surface area (Å²) >= 11 is 0. The van der Waals surface area contributed by atoms with Crippen LogP contribution < -0.4 is 14.8 Å². The van der Waals surface area contributed by atoms with Gasteiger partial charge in [0.2, 0.25) is 0 Å². The Morgan fingerprint density at radius 1 is 0.893 bits per heavy atom. The quantitative estimate of drug-likeness (QED) is 0.652. The second-order valence-corrected chi connectivity index (χ2v) is 6.65. The van der Waals surface area contributed by atoms with Gasteiger partial charge in [-0.05, 0) is 42.7 Å². The van der Waals surface area contributed by atoms with Gasteiger partial charge < -0.3 is 14.8 Å². The Hall–Kier alpha value is -3.27. The number of nitrogens with one attached hydrogen (secondary N) is 1. The van der Waals surface area contributed by atoms with Crippen LogP contribution in [-0.4, -0.2) is 19.1 Å². The van der Waals surface area contributed by atoms with Gasteiger partial charge in [0.15, 0.2) is 6.10 Å². The molecule has 144 valence electrons. The molecular weight excluding hydrogens is 350 g/mol. The molecule has 28 heavy (non-hydrogen) atoms. The number of ether oxygens (including phenoxy) is 2. The van der Waals surface area contributed by atoms with Gasteiger partial charge in [-0.3, -0.25) is 4.79 Å². The molecule has 1 amide bonds. The maximum absolute atomic E-state index is 12.9. The second-order valence-electron chi connectivity index (χ2n) is 6.65. The molecule has 0 aromatic heterocycles. The van der Waals surface area contributed by atoms with Gasteiger partial charge in [-0.25, -0.2) is 0 Å². The first-order chi connectivity index (χ1) is 13.6. The molecule has 0 unspecified atom stereocenters. The van der Waals surface area contributed by atoms with Crippen LogP contribution in [0.4, 0.5) is 0 Å². The minimum atomic E-state index is -0.651. The molecule has 0 spiro atoms. The number of amides is 1. The van der Waals surface area contributed by atoms with Crippen LogP contribution in [0.15, 0.2) is 78.9 Å². The standard InChI is InChI=1S/C24H25NO3/c1-17-10-7-8-15-22(17)23(19-11-5-4-6-12-19)25-24(26)18(2)28-21-14-9-13-20(16-21)27-3/h4-16,18,23H,1-3H3,(H,25,26)/t18-,23+/m1/s1. The van der Waals surface area contributed by atoms with Gasteiger partial charge >= 0.3 is 0 Å². The summed E-state index contributed by atoms with van der Waals surface area (Å²) in [7, 11) is 1.60. The maximum Gasteiger partial charge on any atom is 0.261 e. The van der Waals surface area contributed by atoms with E-state index in [1.807, 2.05) is 79.7 Å². The van der Waals surface area contributed by atoms with E-state index in [9.17, 15) is 4.79 Å². The van der Waals surface area contributed by atoms with Crippen molar-refractivity contribution in [1.29, 1.82) is 0 Å². The van der Waals surface area contributed by atoms with Crippen LogP contribution in [0.1, 0.15) is 29.7 Å². The summed E-state index contributed by atoms with van der Waals surface area (Å²) < 4.78 is 11.0. The maximum atomic E-state index is 12.9. The highest BCUT2D eigenvalue weighted by Crippen LogP contribution is 2.25. The zero-order valence-corrected chi connectivity index (χ0v) is 16.4. The average molecular weight is 375 g/mol. The molecule has 0 heterocycles. The summed E-state index contributed by atoms with van der Waals surface area (Å²) in [5.41, 5.74) is 3.22. The van der Waals surface area contributed by atoms with Gasteiger partial charge in [-0.2, -0.15) is 0 Å². The summed E-state index contributed by atoms with van der Waals surface area (Å²) in [6.45, 7) is 3.79. The van der Waals surface area contributed by atoms with Gasteiger partial charge in [-0.15, -0.1) is 0 Å². The van der Waals surface area contributed by atoms with Gasteiger partial charge in [0.05, 0.1) is 13.2 Å². The molecule has 0 saturated heterocycles. The molecule has 0 bridgehead atoms. The zero-order chi connectivity index (χ0) is 19.9. The van der Waals surface area contributed by atoms with Crippen LogP contribution in [0, 0.1) is 6.92 Å². The fraction of sp³-hybridized carbons (Fsp3) is 0.208. The van der Waals surface area contributed by atoms with Crippen LogP contribution >= 0.6 is 0 Å². The molecule has 2 atom stereocenters. The summed E-state index contributed by atoms with van der Waals surface area (Å²) in [4.78, 5) is 12.9. The van der Waals surface area contributed by atoms with Crippen molar-refractivity contribution in [2.45, 2.75) is 26.0 Å². The van der Waals surface area contributed by atoms with E-state index in [2.05, 4.69) is 5.32 Å². The monoisotopic (exact) mass is 375 g/mol. The van der Waals surface area contributed by atoms with Gasteiger partial charge in [-0.1, -0.05) is 60.7 Å². The fourth-order valence-electron chi connectivity index (χ4n) is 3.09. The Bertz CT molecular complexity index is 924. The van der Waals surface area contributed by atoms with Gasteiger partial charge in [0.25, 0.3) is 5.91 Å². The molecule has 0 aliphatic rings. The molecule has 4 heteroatoms. The number of hydrogen-bond donors (Lipinski definition) is 1. The third-order valence-corrected chi connectivity index (χ3v) is 4.64. The summed E-state index contributed by atoms with van der Waals surface area (Å²) in [5, 5.41) is 3.14. The Labute approximate surface area is 166 Å². The molecular formula is C24H25NO3. The van der Waals surface area contributed by atoms with E-state index >= 15 is 0 Å². The minimum Gasteiger partial charge on any atom is -0.497 e. The molecule has 3 aromatic rings. The molecule has 3 aromatic carbocycles. The Morgan fingerprint density at radius 2 is 1.57 bits per heavy atom. The summed E-state index contributed by atoms with van der Waals surface area (Å²) in [5.74, 6) is 1.10. The highest BCUT2D eigenvalue weighted by atomic mass is 16.5. The highest BCUT2D eigenvalue weighted by Gasteiger charge is 2.22. The van der Waals surface area contributed by atoms with Crippen LogP contribution in [0.5, 0.6) is 11.5 Å². The van der Waals surface area contributed by atoms with Crippen molar-refractivity contribution in [2.24, 2.45) is 0 Å². The van der Waals surface area contributed by atoms with Crippen molar-refractivity contribution >= 4 is 5.91 Å². The van der Waals surface area contributed by atoms with Crippen LogP contribution in [0.25, 0.3) is 0 Å². The molecule has 0 radical (unpaired) electrons. The normalized spacial score (nSPS) is 12.7. The second kappa shape index (κ2) is 9.09. The Balaban J connectivity index is 1.80. The predicted molar refractivity (Wildman–Crippen MR) is 111 cm³/mol. The number of benzene rings is 3. The lowest BCUT2D eigenvalue weighted by Gasteiger charge is -2.24. The highest BCUT2D eigenvalue weighted by molar-refractivity contribution is 5.81. The number of rotatable bonds is 7. The van der Waals surface area contributed by atoms with E-state index in [4.69, 9.17) is 9.47 Å². The zero-order valence-electron chi connectivity index (χ0n) is 16.4. The fourth-order valence-corrected chi connectivity index (χ4v) is 3.09. The smallest absolute Gasteiger partial charge is 0.261 e. The van der Waals surface area contributed by atoms with Gasteiger partial charge in [0.1, 0.15) is 11.5 Å². The van der Waals surface area contributed by atoms with E-state index in [-0.39, 0.29) is 11.9 Å². The number of carbonyl (C=O) groups excluding carboxylic acids is 1. The van der Waals surface area contributed by atoms with E-state index in [0.29, 0.717) is 11.5 Å².